The van der Waals surface area contributed by atoms with Crippen LogP contribution in [-0.2, 0) is 9.53 Å². The molecule has 6 nitrogen and oxygen atoms in total. The SMILES string of the molecule is CCOC(=O)c1c(-c2ccccc2)csc1NC(=O)c1ccccc1OC(C)=O. The zero-order valence-corrected chi connectivity index (χ0v) is 16.7. The molecule has 1 aromatic heterocycles. The standard InChI is InChI=1S/C22H19NO5S/c1-3-27-22(26)19-17(15-9-5-4-6-10-15)13-29-21(19)23-20(25)16-11-7-8-12-18(16)28-14(2)24/h4-13H,3H2,1-2H3,(H,23,25). The molecule has 0 radical (unpaired) electrons. The zero-order chi connectivity index (χ0) is 20.8. The monoisotopic (exact) mass is 409 g/mol. The smallest absolute Gasteiger partial charge is 0.341 e. The summed E-state index contributed by atoms with van der Waals surface area (Å²) < 4.78 is 10.3. The molecule has 0 unspecified atom stereocenters. The topological polar surface area (TPSA) is 81.7 Å². The summed E-state index contributed by atoms with van der Waals surface area (Å²) in [6, 6.07) is 15.8. The van der Waals surface area contributed by atoms with Crippen LogP contribution in [0.1, 0.15) is 34.6 Å². The minimum atomic E-state index is -0.528. The quantitative estimate of drug-likeness (QED) is 0.468. The van der Waals surface area contributed by atoms with Crippen LogP contribution in [0.5, 0.6) is 5.75 Å². The molecule has 3 aromatic rings. The van der Waals surface area contributed by atoms with Gasteiger partial charge in [-0.3, -0.25) is 9.59 Å². The molecule has 0 aliphatic rings. The molecule has 2 aromatic carbocycles. The van der Waals surface area contributed by atoms with Gasteiger partial charge in [0.05, 0.1) is 12.2 Å². The molecular formula is C22H19NO5S. The van der Waals surface area contributed by atoms with Gasteiger partial charge in [-0.1, -0.05) is 42.5 Å². The molecule has 1 amide bonds. The molecule has 0 aliphatic heterocycles. The summed E-state index contributed by atoms with van der Waals surface area (Å²) in [4.78, 5) is 36.8. The number of anilines is 1. The van der Waals surface area contributed by atoms with Gasteiger partial charge in [0.2, 0.25) is 0 Å². The Morgan fingerprint density at radius 1 is 1.00 bits per heavy atom. The molecule has 3 rings (SSSR count). The summed E-state index contributed by atoms with van der Waals surface area (Å²) in [5, 5.41) is 4.92. The Hall–Kier alpha value is -3.45. The molecule has 0 saturated carbocycles. The van der Waals surface area contributed by atoms with E-state index in [4.69, 9.17) is 9.47 Å². The van der Waals surface area contributed by atoms with E-state index in [1.807, 2.05) is 30.3 Å². The fraction of sp³-hybridized carbons (Fsp3) is 0.136. The van der Waals surface area contributed by atoms with E-state index < -0.39 is 17.8 Å². The summed E-state index contributed by atoms with van der Waals surface area (Å²) in [6.07, 6.45) is 0. The molecule has 148 valence electrons. The highest BCUT2D eigenvalue weighted by molar-refractivity contribution is 7.15. The van der Waals surface area contributed by atoms with E-state index in [9.17, 15) is 14.4 Å². The minimum Gasteiger partial charge on any atom is -0.462 e. The number of rotatable bonds is 6. The molecule has 0 fully saturated rings. The van der Waals surface area contributed by atoms with E-state index in [0.29, 0.717) is 16.1 Å². The second kappa shape index (κ2) is 9.16. The maximum Gasteiger partial charge on any atom is 0.341 e. The van der Waals surface area contributed by atoms with Crippen molar-refractivity contribution in [3.05, 3.63) is 71.1 Å². The van der Waals surface area contributed by atoms with Crippen LogP contribution in [-0.4, -0.2) is 24.5 Å². The normalized spacial score (nSPS) is 10.3. The molecular weight excluding hydrogens is 390 g/mol. The minimum absolute atomic E-state index is 0.148. The van der Waals surface area contributed by atoms with Crippen molar-refractivity contribution >= 4 is 34.2 Å². The Kier molecular flexibility index (Phi) is 6.41. The lowest BCUT2D eigenvalue weighted by Gasteiger charge is -2.11. The number of carbonyl (C=O) groups is 3. The highest BCUT2D eigenvalue weighted by atomic mass is 32.1. The van der Waals surface area contributed by atoms with Crippen LogP contribution in [0.3, 0.4) is 0 Å². The predicted molar refractivity (Wildman–Crippen MR) is 111 cm³/mol. The van der Waals surface area contributed by atoms with Crippen LogP contribution in [0.15, 0.2) is 60.0 Å². The van der Waals surface area contributed by atoms with Gasteiger partial charge in [-0.2, -0.15) is 0 Å². The number of hydrogen-bond acceptors (Lipinski definition) is 6. The van der Waals surface area contributed by atoms with Gasteiger partial charge < -0.3 is 14.8 Å². The molecule has 29 heavy (non-hydrogen) atoms. The number of hydrogen-bond donors (Lipinski definition) is 1. The third-order valence-corrected chi connectivity index (χ3v) is 4.86. The fourth-order valence-corrected chi connectivity index (χ4v) is 3.71. The Morgan fingerprint density at radius 2 is 1.69 bits per heavy atom. The van der Waals surface area contributed by atoms with Gasteiger partial charge >= 0.3 is 11.9 Å². The van der Waals surface area contributed by atoms with Crippen LogP contribution >= 0.6 is 11.3 Å². The first-order valence-electron chi connectivity index (χ1n) is 8.94. The summed E-state index contributed by atoms with van der Waals surface area (Å²) in [5.74, 6) is -1.39. The first kappa shape index (κ1) is 20.3. The van der Waals surface area contributed by atoms with Crippen molar-refractivity contribution in [2.24, 2.45) is 0 Å². The molecule has 0 atom stereocenters. The van der Waals surface area contributed by atoms with Crippen molar-refractivity contribution in [1.29, 1.82) is 0 Å². The Morgan fingerprint density at radius 3 is 2.38 bits per heavy atom. The number of nitrogens with one attached hydrogen (secondary N) is 1. The van der Waals surface area contributed by atoms with Gasteiger partial charge in [0.1, 0.15) is 16.3 Å². The lowest BCUT2D eigenvalue weighted by atomic mass is 10.0. The third kappa shape index (κ3) is 4.70. The molecule has 0 bridgehead atoms. The lowest BCUT2D eigenvalue weighted by Crippen LogP contribution is -2.16. The van der Waals surface area contributed by atoms with Gasteiger partial charge in [-0.05, 0) is 24.6 Å². The second-order valence-electron chi connectivity index (χ2n) is 5.98. The van der Waals surface area contributed by atoms with Crippen molar-refractivity contribution in [3.63, 3.8) is 0 Å². The van der Waals surface area contributed by atoms with Crippen molar-refractivity contribution < 1.29 is 23.9 Å². The third-order valence-electron chi connectivity index (χ3n) is 3.97. The van der Waals surface area contributed by atoms with E-state index in [0.717, 1.165) is 5.56 Å². The van der Waals surface area contributed by atoms with Crippen LogP contribution in [0, 0.1) is 0 Å². The number of thiophene rings is 1. The number of para-hydroxylation sites is 1. The highest BCUT2D eigenvalue weighted by Gasteiger charge is 2.24. The zero-order valence-electron chi connectivity index (χ0n) is 15.9. The number of carbonyl (C=O) groups excluding carboxylic acids is 3. The first-order valence-corrected chi connectivity index (χ1v) is 9.82. The average molecular weight is 409 g/mol. The van der Waals surface area contributed by atoms with Crippen molar-refractivity contribution in [1.82, 2.24) is 0 Å². The molecule has 7 heteroatoms. The number of benzene rings is 2. The van der Waals surface area contributed by atoms with E-state index in [1.54, 1.807) is 30.5 Å². The molecule has 0 spiro atoms. The van der Waals surface area contributed by atoms with E-state index in [1.165, 1.54) is 24.3 Å². The Balaban J connectivity index is 1.98. The van der Waals surface area contributed by atoms with Crippen LogP contribution < -0.4 is 10.1 Å². The van der Waals surface area contributed by atoms with Gasteiger partial charge in [0, 0.05) is 17.9 Å². The summed E-state index contributed by atoms with van der Waals surface area (Å²) in [7, 11) is 0. The Labute approximate surface area is 172 Å². The van der Waals surface area contributed by atoms with E-state index >= 15 is 0 Å². The van der Waals surface area contributed by atoms with Crippen LogP contribution in [0.2, 0.25) is 0 Å². The van der Waals surface area contributed by atoms with Crippen molar-refractivity contribution in [3.8, 4) is 16.9 Å². The fourth-order valence-electron chi connectivity index (χ4n) is 2.75. The molecule has 1 heterocycles. The largest absolute Gasteiger partial charge is 0.462 e. The lowest BCUT2D eigenvalue weighted by molar-refractivity contribution is -0.131. The maximum absolute atomic E-state index is 12.8. The maximum atomic E-state index is 12.8. The Bertz CT molecular complexity index is 1040. The van der Waals surface area contributed by atoms with Crippen LogP contribution in [0.25, 0.3) is 11.1 Å². The molecule has 0 saturated heterocycles. The summed E-state index contributed by atoms with van der Waals surface area (Å²) in [6.45, 7) is 3.20. The second-order valence-corrected chi connectivity index (χ2v) is 6.86. The number of amides is 1. The average Bonchev–Trinajstić information content (AvgIpc) is 3.12. The van der Waals surface area contributed by atoms with Gasteiger partial charge in [-0.25, -0.2) is 4.79 Å². The highest BCUT2D eigenvalue weighted by Crippen LogP contribution is 2.36. The number of esters is 2. The van der Waals surface area contributed by atoms with Gasteiger partial charge in [0.25, 0.3) is 5.91 Å². The van der Waals surface area contributed by atoms with Crippen LogP contribution in [0.4, 0.5) is 5.00 Å². The van der Waals surface area contributed by atoms with Crippen molar-refractivity contribution in [2.75, 3.05) is 11.9 Å². The van der Waals surface area contributed by atoms with Crippen molar-refractivity contribution in [2.45, 2.75) is 13.8 Å². The number of ether oxygens (including phenoxy) is 2. The van der Waals surface area contributed by atoms with E-state index in [2.05, 4.69) is 5.32 Å². The first-order chi connectivity index (χ1) is 14.0. The molecule has 0 aliphatic carbocycles. The predicted octanol–water partition coefficient (Wildman–Crippen LogP) is 4.77. The summed E-state index contributed by atoms with van der Waals surface area (Å²) in [5.41, 5.74) is 2.00. The van der Waals surface area contributed by atoms with Gasteiger partial charge in [-0.15, -0.1) is 11.3 Å². The molecule has 1 N–H and O–H groups in total. The van der Waals surface area contributed by atoms with E-state index in [-0.39, 0.29) is 17.9 Å². The summed E-state index contributed by atoms with van der Waals surface area (Å²) >= 11 is 1.23. The van der Waals surface area contributed by atoms with Gasteiger partial charge in [0.15, 0.2) is 0 Å².